The average Bonchev–Trinajstić information content (AvgIpc) is 3.11. The Balaban J connectivity index is 0.000000407. The molecule has 1 fully saturated rings. The van der Waals surface area contributed by atoms with Crippen LogP contribution in [-0.2, 0) is 23.2 Å². The highest BCUT2D eigenvalue weighted by atomic mass is 16.5. The maximum atomic E-state index is 6.25. The topological polar surface area (TPSA) is 56.5 Å². The molecule has 0 bridgehead atoms. The summed E-state index contributed by atoms with van der Waals surface area (Å²) in [6.45, 7) is 27.7. The van der Waals surface area contributed by atoms with E-state index in [1.165, 1.54) is 47.9 Å². The molecule has 3 aromatic rings. The molecule has 0 amide bonds. The maximum Gasteiger partial charge on any atom is 0.128 e. The van der Waals surface area contributed by atoms with Gasteiger partial charge in [0.05, 0.1) is 13.2 Å². The predicted octanol–water partition coefficient (Wildman–Crippen LogP) is 11.3. The third kappa shape index (κ3) is 14.4. The first-order valence-corrected chi connectivity index (χ1v) is 18.4. The second-order valence-corrected chi connectivity index (χ2v) is 14.1. The zero-order valence-corrected chi connectivity index (χ0v) is 31.9. The van der Waals surface area contributed by atoms with Crippen molar-refractivity contribution < 1.29 is 9.47 Å². The number of rotatable bonds is 15. The quantitative estimate of drug-likeness (QED) is 0.125. The molecule has 0 radical (unpaired) electrons. The van der Waals surface area contributed by atoms with E-state index in [2.05, 4.69) is 139 Å². The number of ether oxygens (including phenoxy) is 2. The van der Waals surface area contributed by atoms with Crippen molar-refractivity contribution >= 4 is 11.3 Å². The molecule has 1 aliphatic carbocycles. The summed E-state index contributed by atoms with van der Waals surface area (Å²) in [5.41, 5.74) is 15.2. The second-order valence-electron chi connectivity index (χ2n) is 14.1. The Bertz CT molecular complexity index is 1410. The van der Waals surface area contributed by atoms with Crippen molar-refractivity contribution in [3.8, 4) is 5.75 Å². The van der Waals surface area contributed by atoms with Crippen LogP contribution in [0.1, 0.15) is 114 Å². The molecule has 3 aromatic carbocycles. The molecule has 4 rings (SSSR count). The lowest BCUT2D eigenvalue weighted by molar-refractivity contribution is 0.185. The number of hydrogen-bond donors (Lipinski definition) is 2. The Morgan fingerprint density at radius 1 is 0.918 bits per heavy atom. The van der Waals surface area contributed by atoms with Gasteiger partial charge in [-0.3, -0.25) is 0 Å². The standard InChI is InChI=1S/C30H39NO.C12H19NO.C3H8/c1-6-23(4)27-17-18-30(32-19-11-14-25-12-8-7-9-13-25)29(21-27)24(5)31-28-16-10-15-26(20-28)22(2)3;1-12(2,9-13)11-6-4-10(5-7-11)8-14-3;1-3-2/h7-9,12-13,17-18,21,26,28,31H,2,4-6,10-11,14-16,19-20H2,1,3H3;4-7H,8-9,13H2,1-3H3;3H2,1-2H3. The van der Waals surface area contributed by atoms with E-state index in [4.69, 9.17) is 15.2 Å². The summed E-state index contributed by atoms with van der Waals surface area (Å²) < 4.78 is 11.3. The lowest BCUT2D eigenvalue weighted by Crippen LogP contribution is -2.33. The van der Waals surface area contributed by atoms with Crippen molar-refractivity contribution in [1.29, 1.82) is 0 Å². The van der Waals surface area contributed by atoms with Crippen LogP contribution in [0.3, 0.4) is 0 Å². The molecule has 4 nitrogen and oxygen atoms in total. The smallest absolute Gasteiger partial charge is 0.128 e. The fraction of sp³-hybridized carbons (Fsp3) is 0.467. The van der Waals surface area contributed by atoms with Gasteiger partial charge in [0.1, 0.15) is 5.75 Å². The van der Waals surface area contributed by atoms with Crippen molar-refractivity contribution in [1.82, 2.24) is 5.32 Å². The van der Waals surface area contributed by atoms with Crippen LogP contribution in [0.5, 0.6) is 5.75 Å². The van der Waals surface area contributed by atoms with Gasteiger partial charge in [-0.05, 0) is 91.3 Å². The molecule has 3 N–H and O–H groups in total. The molecule has 1 aliphatic rings. The van der Waals surface area contributed by atoms with Crippen molar-refractivity contribution in [2.75, 3.05) is 20.3 Å². The summed E-state index contributed by atoms with van der Waals surface area (Å²) in [5.74, 6) is 1.50. The first-order valence-electron chi connectivity index (χ1n) is 18.4. The SMILES string of the molecule is C=C(CC)c1ccc(OCCCc2ccccc2)c(C(=C)NC2CCCC(C(=C)C)C2)c1.CCC.COCc1ccc(C(C)(C)CN)cc1. The molecule has 4 heteroatoms. The van der Waals surface area contributed by atoms with Crippen LogP contribution < -0.4 is 15.8 Å². The molecule has 49 heavy (non-hydrogen) atoms. The monoisotopic (exact) mass is 667 g/mol. The van der Waals surface area contributed by atoms with Gasteiger partial charge in [-0.1, -0.05) is 133 Å². The van der Waals surface area contributed by atoms with Crippen molar-refractivity contribution in [3.05, 3.63) is 126 Å². The van der Waals surface area contributed by atoms with Gasteiger partial charge in [-0.25, -0.2) is 0 Å². The number of benzene rings is 3. The highest BCUT2D eigenvalue weighted by Gasteiger charge is 2.23. The average molecular weight is 667 g/mol. The third-order valence-corrected chi connectivity index (χ3v) is 9.16. The Morgan fingerprint density at radius 3 is 2.18 bits per heavy atom. The van der Waals surface area contributed by atoms with Crippen LogP contribution in [0.4, 0.5) is 0 Å². The van der Waals surface area contributed by atoms with Gasteiger partial charge in [0.25, 0.3) is 0 Å². The van der Waals surface area contributed by atoms with E-state index >= 15 is 0 Å². The van der Waals surface area contributed by atoms with Gasteiger partial charge in [-0.2, -0.15) is 0 Å². The summed E-state index contributed by atoms with van der Waals surface area (Å²) in [7, 11) is 1.71. The van der Waals surface area contributed by atoms with Crippen LogP contribution in [0.2, 0.25) is 0 Å². The van der Waals surface area contributed by atoms with Crippen molar-refractivity contribution in [2.24, 2.45) is 11.7 Å². The number of nitrogens with one attached hydrogen (secondary N) is 1. The summed E-state index contributed by atoms with van der Waals surface area (Å²) in [6.07, 6.45) is 8.97. The van der Waals surface area contributed by atoms with E-state index in [9.17, 15) is 0 Å². The molecule has 0 spiro atoms. The first kappa shape index (κ1) is 41.6. The summed E-state index contributed by atoms with van der Waals surface area (Å²) >= 11 is 0. The second kappa shape index (κ2) is 22.2. The lowest BCUT2D eigenvalue weighted by Gasteiger charge is -2.31. The van der Waals surface area contributed by atoms with Gasteiger partial charge >= 0.3 is 0 Å². The van der Waals surface area contributed by atoms with E-state index in [0.717, 1.165) is 53.8 Å². The Morgan fingerprint density at radius 2 is 1.59 bits per heavy atom. The Labute approximate surface area is 299 Å². The Hall–Kier alpha value is -3.60. The molecule has 2 atom stereocenters. The summed E-state index contributed by atoms with van der Waals surface area (Å²) in [6, 6.07) is 25.8. The number of methoxy groups -OCH3 is 1. The zero-order valence-electron chi connectivity index (χ0n) is 31.9. The maximum absolute atomic E-state index is 6.25. The van der Waals surface area contributed by atoms with Gasteiger partial charge in [0, 0.05) is 36.4 Å². The number of nitrogens with two attached hydrogens (primary N) is 1. The fourth-order valence-electron chi connectivity index (χ4n) is 5.85. The van der Waals surface area contributed by atoms with Gasteiger partial charge in [-0.15, -0.1) is 0 Å². The minimum atomic E-state index is 0.0611. The molecule has 1 saturated carbocycles. The Kier molecular flexibility index (Phi) is 18.8. The molecule has 0 aromatic heterocycles. The van der Waals surface area contributed by atoms with E-state index < -0.39 is 0 Å². The van der Waals surface area contributed by atoms with Crippen LogP contribution in [0, 0.1) is 5.92 Å². The highest BCUT2D eigenvalue weighted by Crippen LogP contribution is 2.33. The van der Waals surface area contributed by atoms with Gasteiger partial charge in [0.15, 0.2) is 0 Å². The normalized spacial score (nSPS) is 15.5. The van der Waals surface area contributed by atoms with Gasteiger partial charge in [0.2, 0.25) is 0 Å². The molecular weight excluding hydrogens is 601 g/mol. The number of hydrogen-bond acceptors (Lipinski definition) is 4. The number of allylic oxidation sites excluding steroid dienone is 2. The van der Waals surface area contributed by atoms with Crippen molar-refractivity contribution in [2.45, 2.75) is 111 Å². The number of aryl methyl sites for hydroxylation is 1. The summed E-state index contributed by atoms with van der Waals surface area (Å²) in [5, 5.41) is 3.72. The molecular formula is C45H66N2O2. The molecule has 0 aliphatic heterocycles. The highest BCUT2D eigenvalue weighted by molar-refractivity contribution is 5.73. The van der Waals surface area contributed by atoms with E-state index in [1.54, 1.807) is 7.11 Å². The minimum absolute atomic E-state index is 0.0611. The first-order chi connectivity index (χ1) is 23.5. The molecule has 2 unspecified atom stereocenters. The van der Waals surface area contributed by atoms with Crippen LogP contribution in [-0.4, -0.2) is 26.3 Å². The molecule has 0 saturated heterocycles. The van der Waals surface area contributed by atoms with Crippen LogP contribution in [0.25, 0.3) is 11.3 Å². The lowest BCUT2D eigenvalue weighted by atomic mass is 9.82. The molecule has 268 valence electrons. The molecule has 0 heterocycles. The van der Waals surface area contributed by atoms with E-state index in [-0.39, 0.29) is 5.41 Å². The predicted molar refractivity (Wildman–Crippen MR) is 214 cm³/mol. The fourth-order valence-corrected chi connectivity index (χ4v) is 5.85. The van der Waals surface area contributed by atoms with Crippen LogP contribution >= 0.6 is 0 Å². The minimum Gasteiger partial charge on any atom is -0.493 e. The van der Waals surface area contributed by atoms with Crippen LogP contribution in [0.15, 0.2) is 98.1 Å². The van der Waals surface area contributed by atoms with E-state index in [1.807, 2.05) is 0 Å². The van der Waals surface area contributed by atoms with Gasteiger partial charge < -0.3 is 20.5 Å². The summed E-state index contributed by atoms with van der Waals surface area (Å²) in [4.78, 5) is 0. The van der Waals surface area contributed by atoms with E-state index in [0.29, 0.717) is 31.7 Å². The third-order valence-electron chi connectivity index (χ3n) is 9.16. The van der Waals surface area contributed by atoms with Crippen molar-refractivity contribution in [3.63, 3.8) is 0 Å². The zero-order chi connectivity index (χ0) is 36.2. The largest absolute Gasteiger partial charge is 0.493 e.